The Morgan fingerprint density at radius 2 is 2.30 bits per heavy atom. The molecule has 0 saturated heterocycles. The molecular weight excluding hydrogens is 328 g/mol. The number of aromatic amines is 1. The van der Waals surface area contributed by atoms with E-state index in [9.17, 15) is 4.79 Å². The van der Waals surface area contributed by atoms with Gasteiger partial charge < -0.3 is 4.98 Å². The third kappa shape index (κ3) is 2.87. The summed E-state index contributed by atoms with van der Waals surface area (Å²) >= 11 is 3.28. The van der Waals surface area contributed by atoms with Gasteiger partial charge in [-0.2, -0.15) is 0 Å². The predicted molar refractivity (Wildman–Crippen MR) is 92.8 cm³/mol. The number of fused-ring (bicyclic) bond motifs is 1. The lowest BCUT2D eigenvalue weighted by Gasteiger charge is -2.27. The fraction of sp³-hybridized carbons (Fsp3) is 0.312. The van der Waals surface area contributed by atoms with Gasteiger partial charge in [-0.05, 0) is 24.8 Å². The zero-order valence-electron chi connectivity index (χ0n) is 12.7. The number of hydrogen-bond donors (Lipinski definition) is 1. The Labute approximate surface area is 141 Å². The third-order valence-corrected chi connectivity index (χ3v) is 5.92. The molecule has 0 atom stereocenters. The molecule has 0 aromatic carbocycles. The maximum atomic E-state index is 12.3. The van der Waals surface area contributed by atoms with E-state index in [1.807, 2.05) is 29.9 Å². The van der Waals surface area contributed by atoms with E-state index in [2.05, 4.69) is 14.9 Å². The molecule has 0 spiro atoms. The molecule has 0 aliphatic carbocycles. The Morgan fingerprint density at radius 1 is 1.39 bits per heavy atom. The second-order valence-electron chi connectivity index (χ2n) is 5.64. The van der Waals surface area contributed by atoms with Gasteiger partial charge in [0.1, 0.15) is 0 Å². The first-order valence-electron chi connectivity index (χ1n) is 7.48. The fourth-order valence-corrected chi connectivity index (χ4v) is 4.33. The summed E-state index contributed by atoms with van der Waals surface area (Å²) in [6.45, 7) is 4.52. The summed E-state index contributed by atoms with van der Waals surface area (Å²) in [7, 11) is 0. The lowest BCUT2D eigenvalue weighted by Crippen LogP contribution is -2.35. The number of aromatic nitrogens is 3. The van der Waals surface area contributed by atoms with Crippen LogP contribution in [0, 0.1) is 6.92 Å². The molecule has 23 heavy (non-hydrogen) atoms. The molecule has 3 aromatic rings. The van der Waals surface area contributed by atoms with Crippen molar-refractivity contribution in [2.24, 2.45) is 0 Å². The van der Waals surface area contributed by atoms with Crippen molar-refractivity contribution in [2.75, 3.05) is 6.54 Å². The van der Waals surface area contributed by atoms with Gasteiger partial charge in [-0.15, -0.1) is 22.7 Å². The zero-order chi connectivity index (χ0) is 15.8. The van der Waals surface area contributed by atoms with Crippen LogP contribution in [0.1, 0.15) is 21.8 Å². The summed E-state index contributed by atoms with van der Waals surface area (Å²) in [5, 5.41) is 1.99. The number of thiazole rings is 1. The average molecular weight is 344 g/mol. The van der Waals surface area contributed by atoms with E-state index >= 15 is 0 Å². The van der Waals surface area contributed by atoms with Gasteiger partial charge in [0, 0.05) is 30.1 Å². The highest BCUT2D eigenvalue weighted by Crippen LogP contribution is 2.24. The molecular formula is C16H16N4OS2. The van der Waals surface area contributed by atoms with E-state index in [-0.39, 0.29) is 5.56 Å². The number of H-pyrrole nitrogens is 1. The predicted octanol–water partition coefficient (Wildman–Crippen LogP) is 2.82. The minimum atomic E-state index is 0.00650. The van der Waals surface area contributed by atoms with E-state index < -0.39 is 0 Å². The molecule has 0 saturated carbocycles. The van der Waals surface area contributed by atoms with Gasteiger partial charge >= 0.3 is 0 Å². The Kier molecular flexibility index (Phi) is 3.84. The van der Waals surface area contributed by atoms with Crippen molar-refractivity contribution in [1.29, 1.82) is 0 Å². The van der Waals surface area contributed by atoms with Gasteiger partial charge in [-0.25, -0.2) is 9.97 Å². The van der Waals surface area contributed by atoms with Gasteiger partial charge in [0.25, 0.3) is 5.56 Å². The first-order chi connectivity index (χ1) is 11.2. The van der Waals surface area contributed by atoms with Gasteiger partial charge in [0.05, 0.1) is 21.8 Å². The minimum Gasteiger partial charge on any atom is -0.306 e. The Hall–Kier alpha value is -1.83. The molecule has 1 N–H and O–H groups in total. The summed E-state index contributed by atoms with van der Waals surface area (Å²) in [6, 6.07) is 3.95. The average Bonchev–Trinajstić information content (AvgIpc) is 3.20. The van der Waals surface area contributed by atoms with Gasteiger partial charge in [-0.3, -0.25) is 9.69 Å². The number of nitrogens with one attached hydrogen (secondary N) is 1. The van der Waals surface area contributed by atoms with Crippen LogP contribution < -0.4 is 5.56 Å². The maximum Gasteiger partial charge on any atom is 0.254 e. The van der Waals surface area contributed by atoms with E-state index in [1.165, 1.54) is 4.88 Å². The molecule has 7 heteroatoms. The smallest absolute Gasteiger partial charge is 0.254 e. The molecule has 1 aliphatic heterocycles. The summed E-state index contributed by atoms with van der Waals surface area (Å²) in [5.74, 6) is 0.680. The topological polar surface area (TPSA) is 61.9 Å². The van der Waals surface area contributed by atoms with Crippen molar-refractivity contribution in [1.82, 2.24) is 19.9 Å². The van der Waals surface area contributed by atoms with Crippen molar-refractivity contribution < 1.29 is 0 Å². The van der Waals surface area contributed by atoms with Gasteiger partial charge in [0.2, 0.25) is 0 Å². The van der Waals surface area contributed by atoms with Crippen LogP contribution in [-0.2, 0) is 19.5 Å². The Morgan fingerprint density at radius 3 is 3.04 bits per heavy atom. The summed E-state index contributed by atoms with van der Waals surface area (Å²) in [4.78, 5) is 28.9. The van der Waals surface area contributed by atoms with Crippen molar-refractivity contribution in [2.45, 2.75) is 26.4 Å². The summed E-state index contributed by atoms with van der Waals surface area (Å²) < 4.78 is 0. The second-order valence-corrected chi connectivity index (χ2v) is 7.53. The maximum absolute atomic E-state index is 12.3. The van der Waals surface area contributed by atoms with E-state index in [1.54, 1.807) is 22.7 Å². The van der Waals surface area contributed by atoms with E-state index in [0.29, 0.717) is 5.82 Å². The highest BCUT2D eigenvalue weighted by molar-refractivity contribution is 7.13. The van der Waals surface area contributed by atoms with Crippen molar-refractivity contribution >= 4 is 22.7 Å². The monoisotopic (exact) mass is 344 g/mol. The Balaban J connectivity index is 1.63. The summed E-state index contributed by atoms with van der Waals surface area (Å²) in [5.41, 5.74) is 4.74. The number of nitrogens with zero attached hydrogens (tertiary/aromatic N) is 3. The van der Waals surface area contributed by atoms with Crippen molar-refractivity contribution in [3.63, 3.8) is 0 Å². The highest BCUT2D eigenvalue weighted by Gasteiger charge is 2.22. The second kappa shape index (κ2) is 5.99. The largest absolute Gasteiger partial charge is 0.306 e. The molecule has 0 radical (unpaired) electrons. The van der Waals surface area contributed by atoms with Crippen LogP contribution >= 0.6 is 22.7 Å². The molecule has 4 heterocycles. The van der Waals surface area contributed by atoms with E-state index in [4.69, 9.17) is 4.98 Å². The number of rotatable bonds is 3. The third-order valence-electron chi connectivity index (χ3n) is 4.12. The van der Waals surface area contributed by atoms with Gasteiger partial charge in [0.15, 0.2) is 5.82 Å². The Bertz CT molecular complexity index is 882. The van der Waals surface area contributed by atoms with Gasteiger partial charge in [-0.1, -0.05) is 6.07 Å². The lowest BCUT2D eigenvalue weighted by molar-refractivity contribution is 0.242. The minimum absolute atomic E-state index is 0.00650. The van der Waals surface area contributed by atoms with Crippen LogP contribution in [0.25, 0.3) is 10.7 Å². The summed E-state index contributed by atoms with van der Waals surface area (Å²) in [6.07, 6.45) is 0.750. The number of aryl methyl sites for hydroxylation is 1. The zero-order valence-corrected chi connectivity index (χ0v) is 14.3. The van der Waals surface area contributed by atoms with E-state index in [0.717, 1.165) is 47.9 Å². The van der Waals surface area contributed by atoms with Crippen LogP contribution in [0.2, 0.25) is 0 Å². The molecule has 0 unspecified atom stereocenters. The van der Waals surface area contributed by atoms with Crippen LogP contribution in [0.5, 0.6) is 0 Å². The molecule has 4 rings (SSSR count). The first kappa shape index (κ1) is 14.7. The van der Waals surface area contributed by atoms with Crippen LogP contribution in [-0.4, -0.2) is 26.4 Å². The molecule has 0 amide bonds. The quantitative estimate of drug-likeness (QED) is 0.794. The molecule has 1 aliphatic rings. The van der Waals surface area contributed by atoms with Crippen LogP contribution in [0.3, 0.4) is 0 Å². The van der Waals surface area contributed by atoms with Crippen molar-refractivity contribution in [3.05, 3.63) is 55.2 Å². The molecule has 0 fully saturated rings. The molecule has 3 aromatic heterocycles. The molecule has 5 nitrogen and oxygen atoms in total. The first-order valence-corrected chi connectivity index (χ1v) is 9.24. The highest BCUT2D eigenvalue weighted by atomic mass is 32.1. The number of hydrogen-bond acceptors (Lipinski definition) is 6. The SMILES string of the molecule is Cc1ncsc1CN1CCc2c(nc(-c3cccs3)[nH]c2=O)C1. The van der Waals surface area contributed by atoms with Crippen LogP contribution in [0.15, 0.2) is 27.8 Å². The molecule has 0 bridgehead atoms. The molecule has 118 valence electrons. The van der Waals surface area contributed by atoms with Crippen molar-refractivity contribution in [3.8, 4) is 10.7 Å². The lowest BCUT2D eigenvalue weighted by atomic mass is 10.1. The fourth-order valence-electron chi connectivity index (χ4n) is 2.84. The van der Waals surface area contributed by atoms with Crippen LogP contribution in [0.4, 0.5) is 0 Å². The standard InChI is InChI=1S/C16H16N4OS2/c1-10-14(23-9-17-10)8-20-5-4-11-12(7-20)18-15(19-16(11)21)13-3-2-6-22-13/h2-3,6,9H,4-5,7-8H2,1H3,(H,18,19,21). The normalized spacial score (nSPS) is 14.8. The number of thiophene rings is 1.